The summed E-state index contributed by atoms with van der Waals surface area (Å²) in [5.74, 6) is 7.64. The Morgan fingerprint density at radius 3 is 2.60 bits per heavy atom. The van der Waals surface area contributed by atoms with Crippen LogP contribution in [0.4, 0.5) is 0 Å². The van der Waals surface area contributed by atoms with Crippen LogP contribution in [0.25, 0.3) is 0 Å². The molecule has 1 saturated carbocycles. The van der Waals surface area contributed by atoms with Crippen LogP contribution in [0.5, 0.6) is 5.75 Å². The van der Waals surface area contributed by atoms with Crippen molar-refractivity contribution in [1.29, 1.82) is 0 Å². The number of para-hydroxylation sites is 1. The van der Waals surface area contributed by atoms with E-state index in [1.807, 2.05) is 0 Å². The predicted octanol–water partition coefficient (Wildman–Crippen LogP) is 3.49. The molecule has 1 fully saturated rings. The monoisotopic (exact) mass is 274 g/mol. The molecular formula is C17H26N2O. The van der Waals surface area contributed by atoms with Crippen molar-refractivity contribution < 1.29 is 4.74 Å². The Balaban J connectivity index is 1.83. The first-order valence-corrected chi connectivity index (χ1v) is 8.11. The number of hydrazine groups is 1. The van der Waals surface area contributed by atoms with E-state index in [-0.39, 0.29) is 6.04 Å². The Labute approximate surface area is 121 Å². The van der Waals surface area contributed by atoms with E-state index in [0.29, 0.717) is 5.92 Å². The fraction of sp³-hybridized carbons (Fsp3) is 0.647. The van der Waals surface area contributed by atoms with Crippen LogP contribution >= 0.6 is 0 Å². The maximum absolute atomic E-state index is 5.91. The molecule has 0 aromatic heterocycles. The highest BCUT2D eigenvalue weighted by atomic mass is 16.5. The third-order valence-electron chi connectivity index (χ3n) is 4.88. The molecule has 1 atom stereocenters. The van der Waals surface area contributed by atoms with Gasteiger partial charge in [-0.3, -0.25) is 11.3 Å². The molecule has 3 N–H and O–H groups in total. The zero-order valence-corrected chi connectivity index (χ0v) is 12.2. The van der Waals surface area contributed by atoms with Crippen molar-refractivity contribution in [3.63, 3.8) is 0 Å². The zero-order valence-electron chi connectivity index (χ0n) is 12.2. The van der Waals surface area contributed by atoms with Crippen molar-refractivity contribution in [3.8, 4) is 5.75 Å². The molecule has 0 amide bonds. The Hall–Kier alpha value is -1.06. The van der Waals surface area contributed by atoms with Crippen molar-refractivity contribution in [3.05, 3.63) is 29.3 Å². The van der Waals surface area contributed by atoms with Gasteiger partial charge in [-0.1, -0.05) is 50.3 Å². The van der Waals surface area contributed by atoms with Crippen LogP contribution in [0.15, 0.2) is 18.2 Å². The van der Waals surface area contributed by atoms with Gasteiger partial charge in [-0.05, 0) is 24.3 Å². The van der Waals surface area contributed by atoms with E-state index in [1.54, 1.807) is 0 Å². The topological polar surface area (TPSA) is 47.3 Å². The minimum Gasteiger partial charge on any atom is -0.493 e. The van der Waals surface area contributed by atoms with Gasteiger partial charge < -0.3 is 4.74 Å². The predicted molar refractivity (Wildman–Crippen MR) is 81.5 cm³/mol. The maximum Gasteiger partial charge on any atom is 0.127 e. The van der Waals surface area contributed by atoms with Crippen LogP contribution < -0.4 is 16.0 Å². The molecule has 20 heavy (non-hydrogen) atoms. The molecule has 1 unspecified atom stereocenters. The third-order valence-corrected chi connectivity index (χ3v) is 4.88. The molecule has 0 spiro atoms. The summed E-state index contributed by atoms with van der Waals surface area (Å²) in [6, 6.07) is 6.75. The number of fused-ring (bicyclic) bond motifs is 1. The quantitative estimate of drug-likeness (QED) is 0.655. The molecule has 3 heteroatoms. The van der Waals surface area contributed by atoms with Gasteiger partial charge in [0.25, 0.3) is 0 Å². The summed E-state index contributed by atoms with van der Waals surface area (Å²) in [6.07, 6.45) is 10.4. The molecule has 1 aliphatic carbocycles. The average Bonchev–Trinajstić information content (AvgIpc) is 2.90. The lowest BCUT2D eigenvalue weighted by Crippen LogP contribution is -2.34. The summed E-state index contributed by atoms with van der Waals surface area (Å²) in [7, 11) is 0. The largest absolute Gasteiger partial charge is 0.493 e. The minimum absolute atomic E-state index is 0.237. The first kappa shape index (κ1) is 13.9. The standard InChI is InChI=1S/C17H26N2O/c18-19-16(13-7-4-2-1-3-5-8-13)15-10-6-9-14-11-12-20-17(14)15/h6,9-10,13,16,19H,1-5,7-8,11-12,18H2. The summed E-state index contributed by atoms with van der Waals surface area (Å²) >= 11 is 0. The van der Waals surface area contributed by atoms with Crippen molar-refractivity contribution in [2.75, 3.05) is 6.61 Å². The molecule has 3 rings (SSSR count). The SMILES string of the molecule is NNC(c1cccc2c1OCC2)C1CCCCCCC1. The maximum atomic E-state index is 5.91. The smallest absolute Gasteiger partial charge is 0.127 e. The number of ether oxygens (including phenoxy) is 1. The van der Waals surface area contributed by atoms with Gasteiger partial charge in [0.15, 0.2) is 0 Å². The summed E-state index contributed by atoms with van der Waals surface area (Å²) in [6.45, 7) is 0.814. The van der Waals surface area contributed by atoms with Crippen LogP contribution in [0.2, 0.25) is 0 Å². The van der Waals surface area contributed by atoms with Crippen LogP contribution in [-0.4, -0.2) is 6.61 Å². The molecule has 1 heterocycles. The lowest BCUT2D eigenvalue weighted by molar-refractivity contribution is 0.280. The van der Waals surface area contributed by atoms with Gasteiger partial charge in [-0.15, -0.1) is 0 Å². The second-order valence-electron chi connectivity index (χ2n) is 6.18. The lowest BCUT2D eigenvalue weighted by Gasteiger charge is -2.29. The molecule has 0 saturated heterocycles. The second-order valence-corrected chi connectivity index (χ2v) is 6.18. The molecule has 1 aromatic carbocycles. The number of rotatable bonds is 3. The highest BCUT2D eigenvalue weighted by Gasteiger charge is 2.27. The number of nitrogens with two attached hydrogens (primary N) is 1. The van der Waals surface area contributed by atoms with E-state index < -0.39 is 0 Å². The fourth-order valence-electron chi connectivity index (χ4n) is 3.79. The third kappa shape index (κ3) is 2.84. The molecule has 110 valence electrons. The van der Waals surface area contributed by atoms with Crippen molar-refractivity contribution in [2.24, 2.45) is 11.8 Å². The molecule has 2 aliphatic rings. The van der Waals surface area contributed by atoms with E-state index in [0.717, 1.165) is 18.8 Å². The summed E-state index contributed by atoms with van der Waals surface area (Å²) < 4.78 is 5.86. The fourth-order valence-corrected chi connectivity index (χ4v) is 3.79. The Bertz CT molecular complexity index is 439. The van der Waals surface area contributed by atoms with Gasteiger partial charge in [0.1, 0.15) is 5.75 Å². The first-order valence-electron chi connectivity index (χ1n) is 8.11. The Morgan fingerprint density at radius 2 is 1.85 bits per heavy atom. The highest BCUT2D eigenvalue weighted by Crippen LogP contribution is 2.39. The lowest BCUT2D eigenvalue weighted by atomic mass is 9.82. The molecular weight excluding hydrogens is 248 g/mol. The number of hydrogen-bond acceptors (Lipinski definition) is 3. The normalized spacial score (nSPS) is 21.6. The summed E-state index contributed by atoms with van der Waals surface area (Å²) in [4.78, 5) is 0. The van der Waals surface area contributed by atoms with Crippen molar-refractivity contribution >= 4 is 0 Å². The van der Waals surface area contributed by atoms with E-state index in [2.05, 4.69) is 23.6 Å². The van der Waals surface area contributed by atoms with Gasteiger partial charge in [0.2, 0.25) is 0 Å². The van der Waals surface area contributed by atoms with E-state index in [4.69, 9.17) is 10.6 Å². The Kier molecular flexibility index (Phi) is 4.58. The molecule has 1 aliphatic heterocycles. The van der Waals surface area contributed by atoms with E-state index in [1.165, 1.54) is 56.1 Å². The molecule has 0 radical (unpaired) electrons. The van der Waals surface area contributed by atoms with Crippen molar-refractivity contribution in [2.45, 2.75) is 57.4 Å². The van der Waals surface area contributed by atoms with E-state index in [9.17, 15) is 0 Å². The van der Waals surface area contributed by atoms with Crippen LogP contribution in [0.3, 0.4) is 0 Å². The van der Waals surface area contributed by atoms with E-state index >= 15 is 0 Å². The number of nitrogens with one attached hydrogen (secondary N) is 1. The average molecular weight is 274 g/mol. The Morgan fingerprint density at radius 1 is 1.10 bits per heavy atom. The van der Waals surface area contributed by atoms with Crippen molar-refractivity contribution in [1.82, 2.24) is 5.43 Å². The molecule has 1 aromatic rings. The van der Waals surface area contributed by atoms with Crippen LogP contribution in [0.1, 0.15) is 62.1 Å². The summed E-state index contributed by atoms with van der Waals surface area (Å²) in [5.41, 5.74) is 5.70. The van der Waals surface area contributed by atoms with Gasteiger partial charge in [0.05, 0.1) is 12.6 Å². The zero-order chi connectivity index (χ0) is 13.8. The van der Waals surface area contributed by atoms with Crippen LogP contribution in [0, 0.1) is 5.92 Å². The second kappa shape index (κ2) is 6.59. The van der Waals surface area contributed by atoms with Gasteiger partial charge in [0, 0.05) is 12.0 Å². The van der Waals surface area contributed by atoms with Gasteiger partial charge in [-0.25, -0.2) is 0 Å². The van der Waals surface area contributed by atoms with Gasteiger partial charge in [-0.2, -0.15) is 0 Å². The molecule has 3 nitrogen and oxygen atoms in total. The van der Waals surface area contributed by atoms with Crippen LogP contribution in [-0.2, 0) is 6.42 Å². The van der Waals surface area contributed by atoms with Gasteiger partial charge >= 0.3 is 0 Å². The number of hydrogen-bond donors (Lipinski definition) is 2. The minimum atomic E-state index is 0.237. The number of benzene rings is 1. The first-order chi connectivity index (χ1) is 9.90. The molecule has 0 bridgehead atoms. The highest BCUT2D eigenvalue weighted by molar-refractivity contribution is 5.45. The summed E-state index contributed by atoms with van der Waals surface area (Å²) in [5, 5.41) is 0.